The first kappa shape index (κ1) is 32.0. The summed E-state index contributed by atoms with van der Waals surface area (Å²) in [6, 6.07) is 17.6. The number of aryl methyl sites for hydroxylation is 2. The second-order valence-electron chi connectivity index (χ2n) is 10.4. The maximum atomic E-state index is 14.0. The minimum Gasteiger partial charge on any atom is -0.497 e. The van der Waals surface area contributed by atoms with Gasteiger partial charge in [0.2, 0.25) is 11.8 Å². The van der Waals surface area contributed by atoms with E-state index in [1.54, 1.807) is 63.4 Å². The van der Waals surface area contributed by atoms with E-state index in [1.165, 1.54) is 17.0 Å². The van der Waals surface area contributed by atoms with Crippen molar-refractivity contribution in [3.05, 3.63) is 88.4 Å². The fourth-order valence-corrected chi connectivity index (χ4v) is 5.92. The van der Waals surface area contributed by atoms with E-state index in [4.69, 9.17) is 16.3 Å². The molecular formula is C31H38ClN3O5S. The minimum absolute atomic E-state index is 0.0506. The third-order valence-electron chi connectivity index (χ3n) is 6.68. The Morgan fingerprint density at radius 2 is 1.59 bits per heavy atom. The molecule has 0 radical (unpaired) electrons. The fraction of sp³-hybridized carbons (Fsp3) is 0.355. The van der Waals surface area contributed by atoms with Crippen molar-refractivity contribution in [3.63, 3.8) is 0 Å². The third kappa shape index (κ3) is 8.24. The van der Waals surface area contributed by atoms with Gasteiger partial charge in [0, 0.05) is 18.1 Å². The number of hydrogen-bond donors (Lipinski definition) is 1. The normalized spacial score (nSPS) is 12.1. The average Bonchev–Trinajstić information content (AvgIpc) is 2.93. The van der Waals surface area contributed by atoms with Crippen LogP contribution in [0.3, 0.4) is 0 Å². The highest BCUT2D eigenvalue weighted by Crippen LogP contribution is 2.29. The number of nitrogens with one attached hydrogen (secondary N) is 1. The molecule has 0 fully saturated rings. The highest BCUT2D eigenvalue weighted by atomic mass is 35.5. The molecule has 3 aromatic rings. The van der Waals surface area contributed by atoms with Crippen LogP contribution in [0.4, 0.5) is 5.69 Å². The van der Waals surface area contributed by atoms with Gasteiger partial charge in [0.15, 0.2) is 0 Å². The maximum absolute atomic E-state index is 14.0. The summed E-state index contributed by atoms with van der Waals surface area (Å²) in [5.41, 5.74) is 2.58. The fourth-order valence-electron chi connectivity index (χ4n) is 4.21. The zero-order chi connectivity index (χ0) is 30.3. The summed E-state index contributed by atoms with van der Waals surface area (Å²) in [5.74, 6) is 0.0251. The lowest BCUT2D eigenvalue weighted by molar-refractivity contribution is -0.139. The van der Waals surface area contributed by atoms with Crippen LogP contribution in [0.15, 0.2) is 71.6 Å². The summed E-state index contributed by atoms with van der Waals surface area (Å²) < 4.78 is 34.3. The Labute approximate surface area is 248 Å². The van der Waals surface area contributed by atoms with Crippen molar-refractivity contribution in [1.29, 1.82) is 0 Å². The van der Waals surface area contributed by atoms with Crippen LogP contribution in [0.5, 0.6) is 5.75 Å². The van der Waals surface area contributed by atoms with Gasteiger partial charge in [0.25, 0.3) is 10.0 Å². The van der Waals surface area contributed by atoms with E-state index in [0.29, 0.717) is 28.6 Å². The van der Waals surface area contributed by atoms with E-state index in [9.17, 15) is 18.0 Å². The summed E-state index contributed by atoms with van der Waals surface area (Å²) in [6.07, 6.45) is 0. The molecule has 0 aliphatic rings. The van der Waals surface area contributed by atoms with Crippen molar-refractivity contribution in [2.75, 3.05) is 24.5 Å². The molecular weight excluding hydrogens is 562 g/mol. The van der Waals surface area contributed by atoms with Crippen LogP contribution in [0.1, 0.15) is 37.5 Å². The summed E-state index contributed by atoms with van der Waals surface area (Å²) in [4.78, 5) is 28.6. The van der Waals surface area contributed by atoms with Crippen molar-refractivity contribution >= 4 is 39.1 Å². The topological polar surface area (TPSA) is 96.0 Å². The van der Waals surface area contributed by atoms with E-state index >= 15 is 0 Å². The Hall–Kier alpha value is -3.56. The number of amides is 2. The molecule has 0 heterocycles. The second-order valence-corrected chi connectivity index (χ2v) is 12.7. The Morgan fingerprint density at radius 3 is 2.15 bits per heavy atom. The van der Waals surface area contributed by atoms with Gasteiger partial charge in [-0.25, -0.2) is 8.42 Å². The lowest BCUT2D eigenvalue weighted by Gasteiger charge is -2.32. The average molecular weight is 600 g/mol. The Kier molecular flexibility index (Phi) is 10.8. The molecule has 0 unspecified atom stereocenters. The summed E-state index contributed by atoms with van der Waals surface area (Å²) in [7, 11) is -2.60. The molecule has 0 aliphatic heterocycles. The first-order chi connectivity index (χ1) is 19.3. The number of benzene rings is 3. The maximum Gasteiger partial charge on any atom is 0.264 e. The Bertz CT molecular complexity index is 1460. The molecule has 0 aliphatic carbocycles. The van der Waals surface area contributed by atoms with Crippen LogP contribution in [0.2, 0.25) is 5.02 Å². The molecule has 0 aromatic heterocycles. The number of rotatable bonds is 12. The first-order valence-corrected chi connectivity index (χ1v) is 15.2. The molecule has 3 rings (SSSR count). The molecule has 0 spiro atoms. The zero-order valence-electron chi connectivity index (χ0n) is 24.3. The first-order valence-electron chi connectivity index (χ1n) is 13.4. The molecule has 8 nitrogen and oxygen atoms in total. The van der Waals surface area contributed by atoms with Gasteiger partial charge in [0.1, 0.15) is 18.3 Å². The molecule has 2 amide bonds. The molecule has 41 heavy (non-hydrogen) atoms. The number of sulfonamides is 1. The molecule has 220 valence electrons. The van der Waals surface area contributed by atoms with Crippen LogP contribution in [-0.4, -0.2) is 51.4 Å². The lowest BCUT2D eigenvalue weighted by Crippen LogP contribution is -2.51. The standard InChI is InChI=1S/C31H38ClN3O5S/c1-21(2)18-33-31(37)24(5)34(19-25-9-12-27(40-6)13-10-25)30(36)20-35(29-16-11-26(32)17-23(29)4)41(38,39)28-14-7-22(3)8-15-28/h7-17,21,24H,18-20H2,1-6H3,(H,33,37)/t24-/m1/s1. The van der Waals surface area contributed by atoms with Gasteiger partial charge in [-0.2, -0.15) is 0 Å². The summed E-state index contributed by atoms with van der Waals surface area (Å²) >= 11 is 6.17. The molecule has 0 bridgehead atoms. The number of nitrogens with zero attached hydrogens (tertiary/aromatic N) is 2. The zero-order valence-corrected chi connectivity index (χ0v) is 25.9. The van der Waals surface area contributed by atoms with Crippen molar-refractivity contribution in [2.45, 2.75) is 52.1 Å². The largest absolute Gasteiger partial charge is 0.497 e. The van der Waals surface area contributed by atoms with Crippen LogP contribution in [0.25, 0.3) is 0 Å². The van der Waals surface area contributed by atoms with Crippen LogP contribution < -0.4 is 14.4 Å². The van der Waals surface area contributed by atoms with Crippen LogP contribution in [0, 0.1) is 19.8 Å². The van der Waals surface area contributed by atoms with Gasteiger partial charge in [-0.3, -0.25) is 13.9 Å². The van der Waals surface area contributed by atoms with E-state index in [2.05, 4.69) is 5.32 Å². The highest BCUT2D eigenvalue weighted by molar-refractivity contribution is 7.92. The number of methoxy groups -OCH3 is 1. The number of hydrogen-bond acceptors (Lipinski definition) is 5. The molecule has 10 heteroatoms. The van der Waals surface area contributed by atoms with Crippen molar-refractivity contribution < 1.29 is 22.7 Å². The molecule has 3 aromatic carbocycles. The van der Waals surface area contributed by atoms with Gasteiger partial charge < -0.3 is 15.0 Å². The molecule has 1 N–H and O–H groups in total. The highest BCUT2D eigenvalue weighted by Gasteiger charge is 2.33. The SMILES string of the molecule is COc1ccc(CN(C(=O)CN(c2ccc(Cl)cc2C)S(=O)(=O)c2ccc(C)cc2)[C@H](C)C(=O)NCC(C)C)cc1. The van der Waals surface area contributed by atoms with Gasteiger partial charge >= 0.3 is 0 Å². The van der Waals surface area contributed by atoms with Gasteiger partial charge in [-0.05, 0) is 80.3 Å². The smallest absolute Gasteiger partial charge is 0.264 e. The Morgan fingerprint density at radius 1 is 0.951 bits per heavy atom. The van der Waals surface area contributed by atoms with Crippen molar-refractivity contribution in [1.82, 2.24) is 10.2 Å². The molecule has 0 saturated heterocycles. The molecule has 0 saturated carbocycles. The van der Waals surface area contributed by atoms with Crippen LogP contribution >= 0.6 is 11.6 Å². The number of carbonyl (C=O) groups is 2. The number of ether oxygens (including phenoxy) is 1. The van der Waals surface area contributed by atoms with E-state index in [-0.39, 0.29) is 23.3 Å². The van der Waals surface area contributed by atoms with E-state index < -0.39 is 28.5 Å². The Balaban J connectivity index is 2.04. The predicted octanol–water partition coefficient (Wildman–Crippen LogP) is 5.35. The third-order valence-corrected chi connectivity index (χ3v) is 8.69. The van der Waals surface area contributed by atoms with E-state index in [0.717, 1.165) is 15.4 Å². The predicted molar refractivity (Wildman–Crippen MR) is 163 cm³/mol. The molecule has 1 atom stereocenters. The summed E-state index contributed by atoms with van der Waals surface area (Å²) in [6.45, 7) is 9.23. The van der Waals surface area contributed by atoms with Crippen molar-refractivity contribution in [2.24, 2.45) is 5.92 Å². The quantitative estimate of drug-likeness (QED) is 0.303. The van der Waals surface area contributed by atoms with Gasteiger partial charge in [-0.15, -0.1) is 0 Å². The minimum atomic E-state index is -4.16. The lowest BCUT2D eigenvalue weighted by atomic mass is 10.1. The van der Waals surface area contributed by atoms with Gasteiger partial charge in [0.05, 0.1) is 17.7 Å². The summed E-state index contributed by atoms with van der Waals surface area (Å²) in [5, 5.41) is 3.33. The number of halogens is 1. The monoisotopic (exact) mass is 599 g/mol. The second kappa shape index (κ2) is 13.9. The van der Waals surface area contributed by atoms with Crippen molar-refractivity contribution in [3.8, 4) is 5.75 Å². The van der Waals surface area contributed by atoms with E-state index in [1.807, 2.05) is 32.9 Å². The van der Waals surface area contributed by atoms with Gasteiger partial charge in [-0.1, -0.05) is 55.3 Å². The number of anilines is 1. The van der Waals surface area contributed by atoms with Crippen LogP contribution in [-0.2, 0) is 26.2 Å². The number of carbonyl (C=O) groups excluding carboxylic acids is 2.